The molecule has 0 heterocycles. The van der Waals surface area contributed by atoms with Gasteiger partial charge in [-0.05, 0) is 20.3 Å². The van der Waals surface area contributed by atoms with Crippen LogP contribution < -0.4 is 0 Å². The van der Waals surface area contributed by atoms with Crippen LogP contribution in [0.2, 0.25) is 0 Å². The molecule has 0 saturated heterocycles. The predicted octanol–water partition coefficient (Wildman–Crippen LogP) is 2.38. The van der Waals surface area contributed by atoms with E-state index in [0.717, 1.165) is 19.6 Å². The van der Waals surface area contributed by atoms with Crippen molar-refractivity contribution in [3.8, 4) is 0 Å². The van der Waals surface area contributed by atoms with Gasteiger partial charge in [-0.25, -0.2) is 0 Å². The molecule has 1 heteroatoms. The van der Waals surface area contributed by atoms with Crippen LogP contribution in [-0.4, -0.2) is 13.2 Å². The zero-order chi connectivity index (χ0) is 7.11. The maximum Gasteiger partial charge on any atom is 0.0649 e. The Kier molecular flexibility index (Phi) is 5.64. The molecule has 0 fully saturated rings. The molecule has 0 aliphatic carbocycles. The van der Waals surface area contributed by atoms with Gasteiger partial charge in [0.1, 0.15) is 0 Å². The third-order valence-corrected chi connectivity index (χ3v) is 1.31. The van der Waals surface area contributed by atoms with Gasteiger partial charge in [0.05, 0.1) is 6.61 Å². The first-order valence-electron chi connectivity index (χ1n) is 3.54. The predicted molar refractivity (Wildman–Crippen MR) is 40.5 cm³/mol. The number of hydrogen-bond acceptors (Lipinski definition) is 1. The van der Waals surface area contributed by atoms with E-state index in [1.807, 2.05) is 6.92 Å². The Labute approximate surface area is 57.7 Å². The summed E-state index contributed by atoms with van der Waals surface area (Å²) in [7, 11) is 0. The molecule has 0 bridgehead atoms. The van der Waals surface area contributed by atoms with Gasteiger partial charge < -0.3 is 4.74 Å². The largest absolute Gasteiger partial charge is 0.378 e. The molecule has 0 radical (unpaired) electrons. The normalized spacial score (nSPS) is 12.1. The van der Waals surface area contributed by atoms with Crippen molar-refractivity contribution in [1.82, 2.24) is 0 Å². The van der Waals surface area contributed by atoms with E-state index < -0.39 is 0 Å². The van der Waals surface area contributed by atoms with Crippen LogP contribution in [-0.2, 0) is 4.74 Å². The van der Waals surface area contributed by atoms with E-state index in [1.165, 1.54) is 5.57 Å². The Morgan fingerprint density at radius 2 is 2.11 bits per heavy atom. The minimum atomic E-state index is 0.774. The van der Waals surface area contributed by atoms with Crippen molar-refractivity contribution in [1.29, 1.82) is 0 Å². The second kappa shape index (κ2) is 5.83. The maximum atomic E-state index is 5.13. The molecule has 9 heavy (non-hydrogen) atoms. The summed E-state index contributed by atoms with van der Waals surface area (Å²) in [5.74, 6) is 0. The number of ether oxygens (including phenoxy) is 1. The zero-order valence-corrected chi connectivity index (χ0v) is 6.61. The van der Waals surface area contributed by atoms with Gasteiger partial charge in [0.25, 0.3) is 0 Å². The van der Waals surface area contributed by atoms with Gasteiger partial charge in [-0.2, -0.15) is 0 Å². The first kappa shape index (κ1) is 8.70. The summed E-state index contributed by atoms with van der Waals surface area (Å²) in [6, 6.07) is 0. The lowest BCUT2D eigenvalue weighted by molar-refractivity contribution is 0.177. The van der Waals surface area contributed by atoms with Crippen molar-refractivity contribution in [3.63, 3.8) is 0 Å². The molecular weight excluding hydrogens is 112 g/mol. The molecule has 0 N–H and O–H groups in total. The van der Waals surface area contributed by atoms with E-state index in [4.69, 9.17) is 4.74 Å². The summed E-state index contributed by atoms with van der Waals surface area (Å²) < 4.78 is 5.13. The van der Waals surface area contributed by atoms with Crippen LogP contribution in [0.15, 0.2) is 11.6 Å². The first-order valence-corrected chi connectivity index (χ1v) is 3.54. The van der Waals surface area contributed by atoms with Crippen LogP contribution in [0.4, 0.5) is 0 Å². The average Bonchev–Trinajstić information content (AvgIpc) is 1.89. The summed E-state index contributed by atoms with van der Waals surface area (Å²) in [5, 5.41) is 0. The lowest BCUT2D eigenvalue weighted by atomic mass is 10.2. The van der Waals surface area contributed by atoms with Crippen molar-refractivity contribution in [2.75, 3.05) is 13.2 Å². The van der Waals surface area contributed by atoms with Gasteiger partial charge in [-0.1, -0.05) is 18.6 Å². The molecule has 0 amide bonds. The number of hydrogen-bond donors (Lipinski definition) is 0. The Bertz CT molecular complexity index is 84.6. The molecule has 54 valence electrons. The minimum absolute atomic E-state index is 0.774. The Hall–Kier alpha value is -0.300. The van der Waals surface area contributed by atoms with Crippen LogP contribution >= 0.6 is 0 Å². The topological polar surface area (TPSA) is 9.23 Å². The molecule has 0 aromatic heterocycles. The fourth-order valence-electron chi connectivity index (χ4n) is 0.463. The minimum Gasteiger partial charge on any atom is -0.378 e. The number of rotatable bonds is 4. The van der Waals surface area contributed by atoms with Crippen LogP contribution in [0.3, 0.4) is 0 Å². The summed E-state index contributed by atoms with van der Waals surface area (Å²) in [5.41, 5.74) is 1.41. The monoisotopic (exact) mass is 128 g/mol. The third kappa shape index (κ3) is 5.57. The average molecular weight is 128 g/mol. The van der Waals surface area contributed by atoms with E-state index in [-0.39, 0.29) is 0 Å². The second-order valence-electron chi connectivity index (χ2n) is 2.06. The highest BCUT2D eigenvalue weighted by atomic mass is 16.5. The van der Waals surface area contributed by atoms with Crippen molar-refractivity contribution < 1.29 is 4.74 Å². The summed E-state index contributed by atoms with van der Waals surface area (Å²) in [6.07, 6.45) is 3.26. The van der Waals surface area contributed by atoms with Crippen LogP contribution in [0, 0.1) is 0 Å². The van der Waals surface area contributed by atoms with Gasteiger partial charge >= 0.3 is 0 Å². The summed E-state index contributed by atoms with van der Waals surface area (Å²) in [6.45, 7) is 7.87. The molecule has 0 rings (SSSR count). The van der Waals surface area contributed by atoms with E-state index >= 15 is 0 Å². The van der Waals surface area contributed by atoms with Gasteiger partial charge in [-0.15, -0.1) is 0 Å². The Morgan fingerprint density at radius 3 is 2.56 bits per heavy atom. The highest BCUT2D eigenvalue weighted by Crippen LogP contribution is 1.96. The van der Waals surface area contributed by atoms with E-state index in [1.54, 1.807) is 0 Å². The molecule has 1 nitrogen and oxygen atoms in total. The first-order chi connectivity index (χ1) is 4.31. The zero-order valence-electron chi connectivity index (χ0n) is 6.61. The molecule has 0 aliphatic rings. The van der Waals surface area contributed by atoms with Crippen LogP contribution in [0.5, 0.6) is 0 Å². The molecule has 0 aliphatic heterocycles. The maximum absolute atomic E-state index is 5.13. The van der Waals surface area contributed by atoms with Gasteiger partial charge in [0.2, 0.25) is 0 Å². The lowest BCUT2D eigenvalue weighted by Crippen LogP contribution is -1.89. The number of allylic oxidation sites excluding steroid dienone is 1. The van der Waals surface area contributed by atoms with Crippen molar-refractivity contribution in [3.05, 3.63) is 11.6 Å². The molecular formula is C8H16O. The van der Waals surface area contributed by atoms with Gasteiger partial charge in [-0.3, -0.25) is 0 Å². The molecule has 0 spiro atoms. The standard InChI is InChI=1S/C8H16O/c1-4-8(3)6-7-9-5-2/h6H,4-5,7H2,1-3H3/b8-6-. The lowest BCUT2D eigenvalue weighted by Gasteiger charge is -1.95. The van der Waals surface area contributed by atoms with Crippen molar-refractivity contribution >= 4 is 0 Å². The van der Waals surface area contributed by atoms with Crippen LogP contribution in [0.25, 0.3) is 0 Å². The smallest absolute Gasteiger partial charge is 0.0649 e. The molecule has 0 aromatic carbocycles. The molecule has 0 aromatic rings. The molecule has 0 atom stereocenters. The fraction of sp³-hybridized carbons (Fsp3) is 0.750. The highest BCUT2D eigenvalue weighted by molar-refractivity contribution is 4.96. The van der Waals surface area contributed by atoms with E-state index in [2.05, 4.69) is 19.9 Å². The summed E-state index contributed by atoms with van der Waals surface area (Å²) in [4.78, 5) is 0. The Morgan fingerprint density at radius 1 is 1.44 bits per heavy atom. The highest BCUT2D eigenvalue weighted by Gasteiger charge is 1.81. The van der Waals surface area contributed by atoms with Crippen molar-refractivity contribution in [2.45, 2.75) is 27.2 Å². The molecule has 0 unspecified atom stereocenters. The Balaban J connectivity index is 3.21. The van der Waals surface area contributed by atoms with Crippen molar-refractivity contribution in [2.24, 2.45) is 0 Å². The van der Waals surface area contributed by atoms with E-state index in [0.29, 0.717) is 0 Å². The molecule has 0 saturated carbocycles. The van der Waals surface area contributed by atoms with Gasteiger partial charge in [0.15, 0.2) is 0 Å². The van der Waals surface area contributed by atoms with Crippen LogP contribution in [0.1, 0.15) is 27.2 Å². The second-order valence-corrected chi connectivity index (χ2v) is 2.06. The fourth-order valence-corrected chi connectivity index (χ4v) is 0.463. The third-order valence-electron chi connectivity index (χ3n) is 1.31. The quantitative estimate of drug-likeness (QED) is 0.417. The SMILES string of the molecule is CCOC/C=C(/C)CC. The van der Waals surface area contributed by atoms with E-state index in [9.17, 15) is 0 Å². The summed E-state index contributed by atoms with van der Waals surface area (Å²) >= 11 is 0. The van der Waals surface area contributed by atoms with Gasteiger partial charge in [0, 0.05) is 6.61 Å².